The van der Waals surface area contributed by atoms with Gasteiger partial charge in [0.15, 0.2) is 11.5 Å². The van der Waals surface area contributed by atoms with E-state index < -0.39 is 0 Å². The van der Waals surface area contributed by atoms with Crippen molar-refractivity contribution in [2.75, 3.05) is 38.7 Å². The number of fused-ring (bicyclic) bond motifs is 3. The Balaban J connectivity index is 1.55. The molecule has 10 nitrogen and oxygen atoms in total. The highest BCUT2D eigenvalue weighted by Gasteiger charge is 2.40. The number of aromatic nitrogens is 3. The van der Waals surface area contributed by atoms with Crippen molar-refractivity contribution in [3.63, 3.8) is 0 Å². The summed E-state index contributed by atoms with van der Waals surface area (Å²) in [7, 11) is 1.66. The molecular weight excluding hydrogens is 494 g/mol. The number of H-pyrrole nitrogens is 1. The molecule has 2 aliphatic rings. The van der Waals surface area contributed by atoms with Crippen molar-refractivity contribution < 1.29 is 14.3 Å². The Kier molecular flexibility index (Phi) is 7.72. The van der Waals surface area contributed by atoms with E-state index in [1.165, 1.54) is 17.5 Å². The van der Waals surface area contributed by atoms with Gasteiger partial charge in [-0.3, -0.25) is 4.90 Å². The van der Waals surface area contributed by atoms with Crippen molar-refractivity contribution in [1.82, 2.24) is 25.0 Å². The summed E-state index contributed by atoms with van der Waals surface area (Å²) in [5, 5.41) is 9.91. The predicted octanol–water partition coefficient (Wildman–Crippen LogP) is 5.09. The minimum absolute atomic E-state index is 0.0347. The van der Waals surface area contributed by atoms with Crippen LogP contribution in [-0.2, 0) is 6.42 Å². The van der Waals surface area contributed by atoms with Gasteiger partial charge in [-0.25, -0.2) is 19.9 Å². The number of urea groups is 1. The number of hydrogen-bond acceptors (Lipinski definition) is 7. The molecule has 0 spiro atoms. The minimum Gasteiger partial charge on any atom is -0.493 e. The van der Waals surface area contributed by atoms with Crippen LogP contribution in [0.3, 0.4) is 0 Å². The molecule has 0 bridgehead atoms. The van der Waals surface area contributed by atoms with E-state index in [0.717, 1.165) is 46.8 Å². The van der Waals surface area contributed by atoms with Gasteiger partial charge in [-0.2, -0.15) is 5.10 Å². The number of nitrogens with zero attached hydrogens (tertiary/aromatic N) is 5. The molecule has 1 unspecified atom stereocenters. The fraction of sp³-hybridized carbons (Fsp3) is 0.448. The number of amidine groups is 1. The smallest absolute Gasteiger partial charge is 0.326 e. The number of aliphatic imine (C=N–C) groups is 1. The van der Waals surface area contributed by atoms with E-state index >= 15 is 0 Å². The van der Waals surface area contributed by atoms with Crippen LogP contribution in [0.5, 0.6) is 11.5 Å². The number of carbonyl (C=O) groups is 1. The third-order valence-corrected chi connectivity index (χ3v) is 7.39. The number of hydrogen-bond donors (Lipinski definition) is 2. The lowest BCUT2D eigenvalue weighted by Crippen LogP contribution is -2.54. The summed E-state index contributed by atoms with van der Waals surface area (Å²) < 4.78 is 11.6. The second-order valence-electron chi connectivity index (χ2n) is 10.1. The fourth-order valence-corrected chi connectivity index (χ4v) is 5.72. The quantitative estimate of drug-likeness (QED) is 0.419. The number of nitrogens with one attached hydrogen (secondary N) is 2. The van der Waals surface area contributed by atoms with Gasteiger partial charge in [0.2, 0.25) is 5.95 Å². The Labute approximate surface area is 229 Å². The largest absolute Gasteiger partial charge is 0.493 e. The molecule has 10 heteroatoms. The molecule has 0 radical (unpaired) electrons. The molecule has 2 N–H and O–H groups in total. The lowest BCUT2D eigenvalue weighted by Gasteiger charge is -2.42. The van der Waals surface area contributed by atoms with Crippen LogP contribution in [-0.4, -0.2) is 70.2 Å². The van der Waals surface area contributed by atoms with E-state index in [0.29, 0.717) is 44.4 Å². The van der Waals surface area contributed by atoms with E-state index in [9.17, 15) is 4.79 Å². The van der Waals surface area contributed by atoms with E-state index in [1.807, 2.05) is 16.7 Å². The monoisotopic (exact) mass is 531 g/mol. The van der Waals surface area contributed by atoms with Crippen LogP contribution < -0.4 is 14.8 Å². The number of amides is 2. The zero-order chi connectivity index (χ0) is 27.5. The molecule has 1 atom stereocenters. The Morgan fingerprint density at radius 2 is 1.95 bits per heavy atom. The molecule has 2 aromatic carbocycles. The maximum absolute atomic E-state index is 14.1. The summed E-state index contributed by atoms with van der Waals surface area (Å²) in [6, 6.07) is 8.25. The molecule has 2 aliphatic heterocycles. The first-order valence-electron chi connectivity index (χ1n) is 13.6. The minimum atomic E-state index is -0.136. The molecule has 0 saturated carbocycles. The maximum Gasteiger partial charge on any atom is 0.326 e. The van der Waals surface area contributed by atoms with Gasteiger partial charge in [0.1, 0.15) is 12.2 Å². The highest BCUT2D eigenvalue weighted by molar-refractivity contribution is 6.02. The molecule has 3 aromatic rings. The number of rotatable bonds is 8. The molecule has 2 amide bonds. The standard InChI is InChI=1S/C29H37N7O3/c1-6-39-25-14-21-8-7-10-35-23(22(21)15-24(25)38-5)16-26(33-27-19(3)12-18(2)13-20(27)4)36(29(35)37)11-9-30-28-31-17-32-34-28/h12-15,17,23H,6-11,16H2,1-5H3,(H2,30,31,32,34). The van der Waals surface area contributed by atoms with Gasteiger partial charge < -0.3 is 19.7 Å². The SMILES string of the molecule is CCOc1cc2c(cc1OC)C1CC(=Nc3c(C)cc(C)cc3C)N(CCNc3ncn[nH]3)C(=O)N1CCC2. The predicted molar refractivity (Wildman–Crippen MR) is 151 cm³/mol. The number of aromatic amines is 1. The molecule has 0 aliphatic carbocycles. The first-order chi connectivity index (χ1) is 18.9. The number of ether oxygens (including phenoxy) is 2. The summed E-state index contributed by atoms with van der Waals surface area (Å²) in [6.45, 7) is 10.4. The van der Waals surface area contributed by atoms with Crippen molar-refractivity contribution in [1.29, 1.82) is 0 Å². The molecule has 5 rings (SSSR count). The second kappa shape index (κ2) is 11.3. The van der Waals surface area contributed by atoms with Crippen LogP contribution in [0.2, 0.25) is 0 Å². The summed E-state index contributed by atoms with van der Waals surface area (Å²) in [6.07, 6.45) is 3.80. The van der Waals surface area contributed by atoms with Crippen LogP contribution >= 0.6 is 0 Å². The average Bonchev–Trinajstić information content (AvgIpc) is 3.36. The van der Waals surface area contributed by atoms with Crippen molar-refractivity contribution in [3.8, 4) is 11.5 Å². The number of methoxy groups -OCH3 is 1. The summed E-state index contributed by atoms with van der Waals surface area (Å²) in [5.74, 6) is 2.76. The zero-order valence-corrected chi connectivity index (χ0v) is 23.4. The molecule has 1 aromatic heterocycles. The topological polar surface area (TPSA) is 108 Å². The Morgan fingerprint density at radius 3 is 2.64 bits per heavy atom. The molecule has 1 saturated heterocycles. The summed E-state index contributed by atoms with van der Waals surface area (Å²) in [5.41, 5.74) is 6.61. The zero-order valence-electron chi connectivity index (χ0n) is 23.4. The first-order valence-corrected chi connectivity index (χ1v) is 13.6. The van der Waals surface area contributed by atoms with Crippen molar-refractivity contribution in [2.45, 2.75) is 53.0 Å². The number of carbonyl (C=O) groups excluding carboxylic acids is 1. The number of aryl methyl sites for hydroxylation is 4. The van der Waals surface area contributed by atoms with Gasteiger partial charge in [-0.1, -0.05) is 17.7 Å². The number of anilines is 1. The van der Waals surface area contributed by atoms with E-state index in [-0.39, 0.29) is 12.1 Å². The molecule has 1 fully saturated rings. The van der Waals surface area contributed by atoms with Gasteiger partial charge in [0, 0.05) is 26.1 Å². The summed E-state index contributed by atoms with van der Waals surface area (Å²) >= 11 is 0. The van der Waals surface area contributed by atoms with Gasteiger partial charge >= 0.3 is 6.03 Å². The number of benzene rings is 2. The van der Waals surface area contributed by atoms with Gasteiger partial charge in [0.25, 0.3) is 0 Å². The van der Waals surface area contributed by atoms with Gasteiger partial charge in [-0.15, -0.1) is 0 Å². The van der Waals surface area contributed by atoms with Crippen molar-refractivity contribution in [2.24, 2.45) is 4.99 Å². The third-order valence-electron chi connectivity index (χ3n) is 7.39. The molecule has 206 valence electrons. The molecule has 3 heterocycles. The fourth-order valence-electron chi connectivity index (χ4n) is 5.72. The third kappa shape index (κ3) is 5.41. The average molecular weight is 532 g/mol. The van der Waals surface area contributed by atoms with Gasteiger partial charge in [0.05, 0.1) is 25.4 Å². The Bertz CT molecular complexity index is 1350. The van der Waals surface area contributed by atoms with Crippen LogP contribution in [0.4, 0.5) is 16.4 Å². The highest BCUT2D eigenvalue weighted by Crippen LogP contribution is 2.42. The van der Waals surface area contributed by atoms with Crippen LogP contribution in [0.1, 0.15) is 53.6 Å². The van der Waals surface area contributed by atoms with Crippen LogP contribution in [0.25, 0.3) is 0 Å². The van der Waals surface area contributed by atoms with Crippen LogP contribution in [0, 0.1) is 20.8 Å². The molecule has 39 heavy (non-hydrogen) atoms. The first kappa shape index (κ1) is 26.5. The normalized spacial score (nSPS) is 18.0. The van der Waals surface area contributed by atoms with E-state index in [4.69, 9.17) is 14.5 Å². The van der Waals surface area contributed by atoms with Crippen molar-refractivity contribution >= 4 is 23.5 Å². The lowest BCUT2D eigenvalue weighted by atomic mass is 9.93. The van der Waals surface area contributed by atoms with Crippen LogP contribution in [0.15, 0.2) is 35.6 Å². The maximum atomic E-state index is 14.1. The lowest BCUT2D eigenvalue weighted by molar-refractivity contribution is 0.142. The Morgan fingerprint density at radius 1 is 1.15 bits per heavy atom. The van der Waals surface area contributed by atoms with Crippen molar-refractivity contribution in [3.05, 3.63) is 58.4 Å². The highest BCUT2D eigenvalue weighted by atomic mass is 16.5. The summed E-state index contributed by atoms with van der Waals surface area (Å²) in [4.78, 5) is 27.2. The second-order valence-corrected chi connectivity index (χ2v) is 10.1. The van der Waals surface area contributed by atoms with Gasteiger partial charge in [-0.05, 0) is 74.9 Å². The Hall–Kier alpha value is -4.08. The van der Waals surface area contributed by atoms with E-state index in [1.54, 1.807) is 7.11 Å². The van der Waals surface area contributed by atoms with E-state index in [2.05, 4.69) is 65.5 Å². The molecular formula is C29H37N7O3.